The van der Waals surface area contributed by atoms with Crippen LogP contribution in [0.25, 0.3) is 0 Å². The molecule has 2 N–H and O–H groups in total. The minimum absolute atomic E-state index is 0.0775. The smallest absolute Gasteiger partial charge is 0.262 e. The number of rotatable bonds is 8. The van der Waals surface area contributed by atoms with Crippen LogP contribution in [0.5, 0.6) is 11.5 Å². The topological polar surface area (TPSA) is 59.6 Å². The molecule has 3 aromatic carbocycles. The molecule has 0 heterocycles. The van der Waals surface area contributed by atoms with Crippen LogP contribution in [-0.4, -0.2) is 19.1 Å². The molecule has 0 aromatic heterocycles. The molecule has 0 aliphatic rings. The van der Waals surface area contributed by atoms with E-state index < -0.39 is 0 Å². The number of nitrogens with one attached hydrogen (secondary N) is 2. The predicted molar refractivity (Wildman–Crippen MR) is 108 cm³/mol. The summed E-state index contributed by atoms with van der Waals surface area (Å²) in [4.78, 5) is 12.1. The van der Waals surface area contributed by atoms with Crippen LogP contribution in [0.4, 0.5) is 17.1 Å². The summed E-state index contributed by atoms with van der Waals surface area (Å²) in [5, 5.41) is 6.11. The molecule has 138 valence electrons. The van der Waals surface area contributed by atoms with E-state index >= 15 is 0 Å². The molecule has 5 nitrogen and oxygen atoms in total. The standard InChI is InChI=1S/C22H22N2O3/c1-2-26-21-11-7-6-10-20(21)24-22(25)16-27-19-14-12-18(13-15-19)23-17-8-4-3-5-9-17/h3-15,23H,2,16H2,1H3,(H,24,25). The Morgan fingerprint density at radius 2 is 1.48 bits per heavy atom. The van der Waals surface area contributed by atoms with E-state index in [9.17, 15) is 4.79 Å². The van der Waals surface area contributed by atoms with Gasteiger partial charge in [-0.2, -0.15) is 0 Å². The van der Waals surface area contributed by atoms with Gasteiger partial charge in [0.1, 0.15) is 11.5 Å². The molecular formula is C22H22N2O3. The zero-order valence-electron chi connectivity index (χ0n) is 15.1. The Morgan fingerprint density at radius 1 is 0.815 bits per heavy atom. The zero-order chi connectivity index (χ0) is 18.9. The Kier molecular flexibility index (Phi) is 6.30. The Hall–Kier alpha value is -3.47. The van der Waals surface area contributed by atoms with Gasteiger partial charge in [0.2, 0.25) is 0 Å². The second-order valence-electron chi connectivity index (χ2n) is 5.78. The van der Waals surface area contributed by atoms with Crippen LogP contribution >= 0.6 is 0 Å². The average molecular weight is 362 g/mol. The summed E-state index contributed by atoms with van der Waals surface area (Å²) < 4.78 is 11.1. The van der Waals surface area contributed by atoms with Crippen molar-refractivity contribution in [3.63, 3.8) is 0 Å². The molecule has 27 heavy (non-hydrogen) atoms. The van der Waals surface area contributed by atoms with Gasteiger partial charge in [-0.1, -0.05) is 30.3 Å². The maximum atomic E-state index is 12.1. The third kappa shape index (κ3) is 5.51. The fourth-order valence-corrected chi connectivity index (χ4v) is 2.51. The maximum absolute atomic E-state index is 12.1. The number of hydrogen-bond acceptors (Lipinski definition) is 4. The lowest BCUT2D eigenvalue weighted by atomic mass is 10.2. The van der Waals surface area contributed by atoms with Crippen molar-refractivity contribution in [2.45, 2.75) is 6.92 Å². The van der Waals surface area contributed by atoms with Gasteiger partial charge in [0.15, 0.2) is 6.61 Å². The first-order valence-corrected chi connectivity index (χ1v) is 8.81. The molecule has 0 spiro atoms. The van der Waals surface area contributed by atoms with Crippen molar-refractivity contribution < 1.29 is 14.3 Å². The van der Waals surface area contributed by atoms with Gasteiger partial charge in [-0.05, 0) is 55.5 Å². The van der Waals surface area contributed by atoms with Crippen molar-refractivity contribution in [1.29, 1.82) is 0 Å². The first-order chi connectivity index (χ1) is 13.2. The molecule has 3 rings (SSSR count). The average Bonchev–Trinajstić information content (AvgIpc) is 2.70. The van der Waals surface area contributed by atoms with E-state index in [4.69, 9.17) is 9.47 Å². The third-order valence-electron chi connectivity index (χ3n) is 3.75. The first-order valence-electron chi connectivity index (χ1n) is 8.81. The molecule has 0 atom stereocenters. The molecule has 5 heteroatoms. The van der Waals surface area contributed by atoms with Crippen molar-refractivity contribution >= 4 is 23.0 Å². The Balaban J connectivity index is 1.52. The van der Waals surface area contributed by atoms with Crippen LogP contribution in [0.1, 0.15) is 6.92 Å². The van der Waals surface area contributed by atoms with E-state index in [0.717, 1.165) is 11.4 Å². The van der Waals surface area contributed by atoms with Crippen molar-refractivity contribution in [3.8, 4) is 11.5 Å². The van der Waals surface area contributed by atoms with Crippen molar-refractivity contribution in [2.24, 2.45) is 0 Å². The van der Waals surface area contributed by atoms with Crippen molar-refractivity contribution in [2.75, 3.05) is 23.8 Å². The largest absolute Gasteiger partial charge is 0.492 e. The number of amides is 1. The van der Waals surface area contributed by atoms with Gasteiger partial charge in [0, 0.05) is 11.4 Å². The molecule has 0 unspecified atom stereocenters. The van der Waals surface area contributed by atoms with Crippen LogP contribution in [0.15, 0.2) is 78.9 Å². The number of carbonyl (C=O) groups is 1. The number of carbonyl (C=O) groups excluding carboxylic acids is 1. The summed E-state index contributed by atoms with van der Waals surface area (Å²) in [5.41, 5.74) is 2.59. The Bertz CT molecular complexity index is 864. The number of hydrogen-bond donors (Lipinski definition) is 2. The van der Waals surface area contributed by atoms with E-state index in [1.165, 1.54) is 0 Å². The van der Waals surface area contributed by atoms with Crippen LogP contribution in [0.2, 0.25) is 0 Å². The molecular weight excluding hydrogens is 340 g/mol. The maximum Gasteiger partial charge on any atom is 0.262 e. The molecule has 0 fully saturated rings. The number of anilines is 3. The molecule has 1 amide bonds. The Morgan fingerprint density at radius 3 is 2.22 bits per heavy atom. The van der Waals surface area contributed by atoms with E-state index in [1.807, 2.05) is 79.7 Å². The molecule has 0 aliphatic carbocycles. The van der Waals surface area contributed by atoms with E-state index in [-0.39, 0.29) is 12.5 Å². The normalized spacial score (nSPS) is 10.1. The van der Waals surface area contributed by atoms with Crippen LogP contribution < -0.4 is 20.1 Å². The highest BCUT2D eigenvalue weighted by molar-refractivity contribution is 5.93. The highest BCUT2D eigenvalue weighted by atomic mass is 16.5. The van der Waals surface area contributed by atoms with Crippen molar-refractivity contribution in [1.82, 2.24) is 0 Å². The van der Waals surface area contributed by atoms with E-state index in [2.05, 4.69) is 10.6 Å². The number of benzene rings is 3. The van der Waals surface area contributed by atoms with Crippen LogP contribution in [0.3, 0.4) is 0 Å². The highest BCUT2D eigenvalue weighted by Gasteiger charge is 2.08. The highest BCUT2D eigenvalue weighted by Crippen LogP contribution is 2.24. The quantitative estimate of drug-likeness (QED) is 0.602. The van der Waals surface area contributed by atoms with Gasteiger partial charge in [0.25, 0.3) is 5.91 Å². The third-order valence-corrected chi connectivity index (χ3v) is 3.75. The van der Waals surface area contributed by atoms with Gasteiger partial charge in [0.05, 0.1) is 12.3 Å². The summed E-state index contributed by atoms with van der Waals surface area (Å²) in [5.74, 6) is 1.03. The SMILES string of the molecule is CCOc1ccccc1NC(=O)COc1ccc(Nc2ccccc2)cc1. The number of ether oxygens (including phenoxy) is 2. The second kappa shape index (κ2) is 9.29. The monoisotopic (exact) mass is 362 g/mol. The van der Waals surface area contributed by atoms with Crippen LogP contribution in [-0.2, 0) is 4.79 Å². The van der Waals surface area contributed by atoms with Gasteiger partial charge < -0.3 is 20.1 Å². The van der Waals surface area contributed by atoms with Gasteiger partial charge in [-0.3, -0.25) is 4.79 Å². The van der Waals surface area contributed by atoms with Crippen molar-refractivity contribution in [3.05, 3.63) is 78.9 Å². The summed E-state index contributed by atoms with van der Waals surface area (Å²) in [6.07, 6.45) is 0. The van der Waals surface area contributed by atoms with Gasteiger partial charge >= 0.3 is 0 Å². The lowest BCUT2D eigenvalue weighted by molar-refractivity contribution is -0.118. The lowest BCUT2D eigenvalue weighted by Gasteiger charge is -2.12. The fraction of sp³-hybridized carbons (Fsp3) is 0.136. The van der Waals surface area contributed by atoms with Gasteiger partial charge in [-0.15, -0.1) is 0 Å². The first kappa shape index (κ1) is 18.3. The molecule has 0 bridgehead atoms. The lowest BCUT2D eigenvalue weighted by Crippen LogP contribution is -2.20. The summed E-state index contributed by atoms with van der Waals surface area (Å²) in [6.45, 7) is 2.36. The van der Waals surface area contributed by atoms with Gasteiger partial charge in [-0.25, -0.2) is 0 Å². The molecule has 3 aromatic rings. The predicted octanol–water partition coefficient (Wildman–Crippen LogP) is 4.85. The zero-order valence-corrected chi connectivity index (χ0v) is 15.1. The molecule has 0 saturated heterocycles. The van der Waals surface area contributed by atoms with E-state index in [1.54, 1.807) is 6.07 Å². The Labute approximate surface area is 158 Å². The van der Waals surface area contributed by atoms with Crippen LogP contribution in [0, 0.1) is 0 Å². The minimum atomic E-state index is -0.242. The van der Waals surface area contributed by atoms with E-state index in [0.29, 0.717) is 23.8 Å². The summed E-state index contributed by atoms with van der Waals surface area (Å²) in [6, 6.07) is 24.7. The summed E-state index contributed by atoms with van der Waals surface area (Å²) >= 11 is 0. The fourth-order valence-electron chi connectivity index (χ4n) is 2.51. The second-order valence-corrected chi connectivity index (χ2v) is 5.78. The molecule has 0 saturated carbocycles. The molecule has 0 radical (unpaired) electrons. The molecule has 0 aliphatic heterocycles. The minimum Gasteiger partial charge on any atom is -0.492 e. The number of para-hydroxylation sites is 3. The summed E-state index contributed by atoms with van der Waals surface area (Å²) in [7, 11) is 0.